The van der Waals surface area contributed by atoms with Crippen LogP contribution in [0, 0.1) is 0 Å². The minimum Gasteiger partial charge on any atom is -0.336 e. The van der Waals surface area contributed by atoms with Gasteiger partial charge in [0.15, 0.2) is 10.8 Å². The van der Waals surface area contributed by atoms with Gasteiger partial charge in [0, 0.05) is 50.0 Å². The molecule has 8 heteroatoms. The molecule has 1 unspecified atom stereocenters. The Labute approximate surface area is 144 Å². The lowest BCUT2D eigenvalue weighted by Crippen LogP contribution is -2.48. The summed E-state index contributed by atoms with van der Waals surface area (Å²) in [4.78, 5) is 29.4. The maximum Gasteiger partial charge on any atom is 0.317 e. The number of hydrogen-bond acceptors (Lipinski definition) is 6. The summed E-state index contributed by atoms with van der Waals surface area (Å²) in [5, 5.41) is 5.84. The zero-order valence-electron chi connectivity index (χ0n) is 13.4. The van der Waals surface area contributed by atoms with Crippen LogP contribution in [0.5, 0.6) is 0 Å². The van der Waals surface area contributed by atoms with E-state index in [9.17, 15) is 4.79 Å². The molecule has 0 radical (unpaired) electrons. The molecule has 0 aliphatic carbocycles. The normalized spacial score (nSPS) is 21.9. The molecule has 1 atom stereocenters. The van der Waals surface area contributed by atoms with Crippen LogP contribution in [-0.4, -0.2) is 63.0 Å². The second-order valence-corrected chi connectivity index (χ2v) is 7.03. The summed E-state index contributed by atoms with van der Waals surface area (Å²) in [5.74, 6) is 0.680. The molecule has 2 aliphatic rings. The Hall–Kier alpha value is -2.06. The fourth-order valence-corrected chi connectivity index (χ4v) is 4.14. The van der Waals surface area contributed by atoms with Gasteiger partial charge in [-0.05, 0) is 25.5 Å². The van der Waals surface area contributed by atoms with Gasteiger partial charge in [-0.3, -0.25) is 4.90 Å². The number of carbonyl (C=O) groups is 1. The van der Waals surface area contributed by atoms with Crippen LogP contribution in [0.3, 0.4) is 0 Å². The van der Waals surface area contributed by atoms with Crippen LogP contribution < -0.4 is 5.32 Å². The van der Waals surface area contributed by atoms with Gasteiger partial charge in [0.2, 0.25) is 0 Å². The fourth-order valence-electron chi connectivity index (χ4n) is 3.38. The van der Waals surface area contributed by atoms with Crippen LogP contribution in [0.4, 0.5) is 4.79 Å². The molecule has 2 aromatic heterocycles. The second-order valence-electron chi connectivity index (χ2n) is 6.17. The van der Waals surface area contributed by atoms with Gasteiger partial charge in [0.05, 0.1) is 5.69 Å². The molecule has 0 bridgehead atoms. The van der Waals surface area contributed by atoms with E-state index in [-0.39, 0.29) is 6.03 Å². The highest BCUT2D eigenvalue weighted by Crippen LogP contribution is 2.23. The van der Waals surface area contributed by atoms with E-state index in [0.29, 0.717) is 11.9 Å². The highest BCUT2D eigenvalue weighted by atomic mass is 32.1. The van der Waals surface area contributed by atoms with Gasteiger partial charge in [0.25, 0.3) is 0 Å². The number of thiazole rings is 1. The van der Waals surface area contributed by atoms with Gasteiger partial charge in [0.1, 0.15) is 0 Å². The molecule has 24 heavy (non-hydrogen) atoms. The topological polar surface area (TPSA) is 74.2 Å². The summed E-state index contributed by atoms with van der Waals surface area (Å²) in [7, 11) is 0. The molecule has 0 saturated carbocycles. The van der Waals surface area contributed by atoms with Crippen molar-refractivity contribution >= 4 is 17.4 Å². The molecule has 2 saturated heterocycles. The van der Waals surface area contributed by atoms with Gasteiger partial charge < -0.3 is 10.2 Å². The minimum atomic E-state index is 0.0824. The highest BCUT2D eigenvalue weighted by Gasteiger charge is 2.31. The van der Waals surface area contributed by atoms with E-state index in [4.69, 9.17) is 0 Å². The Balaban J connectivity index is 1.40. The molecule has 7 nitrogen and oxygen atoms in total. The van der Waals surface area contributed by atoms with Gasteiger partial charge >= 0.3 is 6.03 Å². The first kappa shape index (κ1) is 15.5. The second kappa shape index (κ2) is 6.82. The lowest BCUT2D eigenvalue weighted by atomic mass is 10.0. The molecule has 4 rings (SSSR count). The average molecular weight is 344 g/mol. The van der Waals surface area contributed by atoms with Crippen molar-refractivity contribution in [1.29, 1.82) is 0 Å². The molecule has 126 valence electrons. The van der Waals surface area contributed by atoms with E-state index >= 15 is 0 Å². The monoisotopic (exact) mass is 344 g/mol. The minimum absolute atomic E-state index is 0.0824. The summed E-state index contributed by atoms with van der Waals surface area (Å²) >= 11 is 1.58. The molecule has 2 fully saturated rings. The molecule has 1 N–H and O–H groups in total. The van der Waals surface area contributed by atoms with Crippen LogP contribution in [0.25, 0.3) is 10.8 Å². The van der Waals surface area contributed by atoms with E-state index in [2.05, 4.69) is 30.5 Å². The SMILES string of the molecule is O=C1NCCN1C1CCCN(Cc2csc(-c3ncccn3)n2)C1. The number of piperidine rings is 1. The maximum atomic E-state index is 11.9. The Morgan fingerprint density at radius 2 is 2.17 bits per heavy atom. The predicted octanol–water partition coefficient (Wildman–Crippen LogP) is 1.59. The molecule has 4 heterocycles. The van der Waals surface area contributed by atoms with Gasteiger partial charge in [-0.15, -0.1) is 11.3 Å². The van der Waals surface area contributed by atoms with E-state index in [0.717, 1.165) is 56.3 Å². The number of hydrogen-bond donors (Lipinski definition) is 1. The third-order valence-electron chi connectivity index (χ3n) is 4.51. The number of aromatic nitrogens is 3. The summed E-state index contributed by atoms with van der Waals surface area (Å²) in [6.45, 7) is 4.38. The lowest BCUT2D eigenvalue weighted by Gasteiger charge is -2.36. The molecular weight excluding hydrogens is 324 g/mol. The number of likely N-dealkylation sites (tertiary alicyclic amines) is 1. The van der Waals surface area contributed by atoms with Crippen molar-refractivity contribution in [3.8, 4) is 10.8 Å². The van der Waals surface area contributed by atoms with Crippen LogP contribution in [0.2, 0.25) is 0 Å². The summed E-state index contributed by atoms with van der Waals surface area (Å²) in [6.07, 6.45) is 5.68. The van der Waals surface area contributed by atoms with Crippen LogP contribution in [-0.2, 0) is 6.54 Å². The number of nitrogens with zero attached hydrogens (tertiary/aromatic N) is 5. The Morgan fingerprint density at radius 3 is 2.96 bits per heavy atom. The number of carbonyl (C=O) groups excluding carboxylic acids is 1. The molecular formula is C16H20N6OS. The molecule has 0 aromatic carbocycles. The Bertz CT molecular complexity index is 706. The van der Waals surface area contributed by atoms with E-state index in [1.54, 1.807) is 29.8 Å². The van der Waals surface area contributed by atoms with E-state index in [1.807, 2.05) is 4.90 Å². The maximum absolute atomic E-state index is 11.9. The van der Waals surface area contributed by atoms with E-state index < -0.39 is 0 Å². The summed E-state index contributed by atoms with van der Waals surface area (Å²) in [5.41, 5.74) is 1.05. The van der Waals surface area contributed by atoms with Crippen molar-refractivity contribution in [2.75, 3.05) is 26.2 Å². The molecule has 2 aliphatic heterocycles. The molecule has 2 amide bonds. The van der Waals surface area contributed by atoms with Crippen molar-refractivity contribution < 1.29 is 4.79 Å². The van der Waals surface area contributed by atoms with Crippen molar-refractivity contribution in [2.45, 2.75) is 25.4 Å². The molecule has 2 aromatic rings. The number of urea groups is 1. The summed E-state index contributed by atoms with van der Waals surface area (Å²) < 4.78 is 0. The number of amides is 2. The van der Waals surface area contributed by atoms with Gasteiger partial charge in [-0.25, -0.2) is 19.7 Å². The van der Waals surface area contributed by atoms with Crippen molar-refractivity contribution in [3.63, 3.8) is 0 Å². The Kier molecular flexibility index (Phi) is 4.40. The first-order valence-corrected chi connectivity index (χ1v) is 9.16. The van der Waals surface area contributed by atoms with Crippen molar-refractivity contribution in [3.05, 3.63) is 29.5 Å². The lowest BCUT2D eigenvalue weighted by molar-refractivity contribution is 0.121. The number of rotatable bonds is 4. The number of nitrogens with one attached hydrogen (secondary N) is 1. The predicted molar refractivity (Wildman–Crippen MR) is 91.5 cm³/mol. The van der Waals surface area contributed by atoms with Crippen molar-refractivity contribution in [2.24, 2.45) is 0 Å². The largest absolute Gasteiger partial charge is 0.336 e. The van der Waals surface area contributed by atoms with Crippen LogP contribution in [0.15, 0.2) is 23.8 Å². The third kappa shape index (κ3) is 3.25. The first-order valence-electron chi connectivity index (χ1n) is 8.28. The average Bonchev–Trinajstić information content (AvgIpc) is 3.25. The highest BCUT2D eigenvalue weighted by molar-refractivity contribution is 7.13. The zero-order valence-corrected chi connectivity index (χ0v) is 14.2. The van der Waals surface area contributed by atoms with Crippen LogP contribution >= 0.6 is 11.3 Å². The standard InChI is InChI=1S/C16H20N6OS/c23-16-19-6-8-22(16)13-3-1-7-21(10-13)9-12-11-24-15(20-12)14-17-4-2-5-18-14/h2,4-5,11,13H,1,3,6-10H2,(H,19,23). The summed E-state index contributed by atoms with van der Waals surface area (Å²) in [6, 6.07) is 2.20. The van der Waals surface area contributed by atoms with Crippen molar-refractivity contribution in [1.82, 2.24) is 30.1 Å². The Morgan fingerprint density at radius 1 is 1.29 bits per heavy atom. The van der Waals surface area contributed by atoms with Gasteiger partial charge in [-0.1, -0.05) is 0 Å². The smallest absolute Gasteiger partial charge is 0.317 e. The zero-order chi connectivity index (χ0) is 16.4. The van der Waals surface area contributed by atoms with Crippen LogP contribution in [0.1, 0.15) is 18.5 Å². The first-order chi connectivity index (χ1) is 11.8. The quantitative estimate of drug-likeness (QED) is 0.912. The molecule has 0 spiro atoms. The van der Waals surface area contributed by atoms with E-state index in [1.165, 1.54) is 0 Å². The fraction of sp³-hybridized carbons (Fsp3) is 0.500. The third-order valence-corrected chi connectivity index (χ3v) is 5.39. The van der Waals surface area contributed by atoms with Gasteiger partial charge in [-0.2, -0.15) is 0 Å².